The number of amides is 2. The molecule has 0 radical (unpaired) electrons. The number of aliphatic hydroxyl groups is 1. The molecule has 2 aromatic rings. The maximum Gasteiger partial charge on any atom is 0.322 e. The smallest absolute Gasteiger partial charge is 0.322 e. The number of aliphatic hydroxyl groups excluding tert-OH is 1. The average Bonchev–Trinajstić information content (AvgIpc) is 3.26. The zero-order valence-corrected chi connectivity index (χ0v) is 21.3. The molecule has 2 unspecified atom stereocenters. The highest BCUT2D eigenvalue weighted by Gasteiger charge is 2.40. The largest absolute Gasteiger partial charge is 0.473 e. The fourth-order valence-corrected chi connectivity index (χ4v) is 4.79. The number of ether oxygens (including phenoxy) is 1. The van der Waals surface area contributed by atoms with Crippen LogP contribution in [0.5, 0.6) is 0 Å². The zero-order chi connectivity index (χ0) is 26.1. The number of alkyl halides is 2. The normalized spacial score (nSPS) is 21.8. The van der Waals surface area contributed by atoms with Crippen molar-refractivity contribution in [2.75, 3.05) is 25.0 Å². The Morgan fingerprint density at radius 1 is 1.33 bits per heavy atom. The summed E-state index contributed by atoms with van der Waals surface area (Å²) in [5, 5.41) is 12.7. The number of nitrogens with zero attached hydrogens (tertiary/aromatic N) is 3. The van der Waals surface area contributed by atoms with Crippen LogP contribution >= 0.6 is 23.2 Å². The van der Waals surface area contributed by atoms with E-state index in [1.165, 1.54) is 31.5 Å². The van der Waals surface area contributed by atoms with Gasteiger partial charge in [-0.1, -0.05) is 36.2 Å². The number of anilines is 1. The van der Waals surface area contributed by atoms with Crippen LogP contribution in [0.25, 0.3) is 5.57 Å². The van der Waals surface area contributed by atoms with E-state index in [2.05, 4.69) is 15.3 Å². The molecular formula is C25H26Cl2F2N4O3. The summed E-state index contributed by atoms with van der Waals surface area (Å²) in [7, 11) is 0. The molecule has 3 heterocycles. The molecule has 1 aromatic heterocycles. The highest BCUT2D eigenvalue weighted by atomic mass is 35.5. The second-order valence-electron chi connectivity index (χ2n) is 8.97. The first-order valence-electron chi connectivity index (χ1n) is 11.5. The second kappa shape index (κ2) is 10.3. The number of urea groups is 1. The monoisotopic (exact) mass is 538 g/mol. The molecule has 2 N–H and O–H groups in total. The van der Waals surface area contributed by atoms with E-state index in [0.29, 0.717) is 41.5 Å². The van der Waals surface area contributed by atoms with Crippen LogP contribution in [0.3, 0.4) is 0 Å². The molecule has 1 aromatic carbocycles. The summed E-state index contributed by atoms with van der Waals surface area (Å²) in [5.74, 6) is -3.03. The number of hydrogen-bond donors (Lipinski definition) is 2. The van der Waals surface area contributed by atoms with Crippen molar-refractivity contribution >= 4 is 46.9 Å². The van der Waals surface area contributed by atoms with E-state index in [4.69, 9.17) is 27.9 Å². The van der Waals surface area contributed by atoms with E-state index in [0.717, 1.165) is 5.57 Å². The fraction of sp³-hybridized carbons (Fsp3) is 0.400. The molecule has 0 bridgehead atoms. The molecule has 2 aliphatic heterocycles. The summed E-state index contributed by atoms with van der Waals surface area (Å²) in [5.41, 5.74) is 1.49. The minimum absolute atomic E-state index is 0.0986. The Kier molecular flexibility index (Phi) is 7.54. The van der Waals surface area contributed by atoms with Crippen molar-refractivity contribution < 1.29 is 23.4 Å². The SMILES string of the molecule is CCC(F)(F)c1ccc(NC(=O)N2CC=C(c3ncc(C4OC=NC4(C)CO)cc3Cl)CC2)cc1Cl. The third kappa shape index (κ3) is 5.19. The lowest BCUT2D eigenvalue weighted by atomic mass is 9.91. The molecule has 2 aliphatic rings. The number of carbonyl (C=O) groups excluding carboxylic acids is 1. The van der Waals surface area contributed by atoms with Crippen LogP contribution in [-0.4, -0.2) is 52.7 Å². The molecule has 0 saturated carbocycles. The molecule has 0 fully saturated rings. The zero-order valence-electron chi connectivity index (χ0n) is 19.8. The van der Waals surface area contributed by atoms with Gasteiger partial charge in [0.15, 0.2) is 12.5 Å². The third-order valence-corrected chi connectivity index (χ3v) is 7.05. The topological polar surface area (TPSA) is 87.1 Å². The van der Waals surface area contributed by atoms with E-state index < -0.39 is 17.6 Å². The summed E-state index contributed by atoms with van der Waals surface area (Å²) in [6.45, 7) is 3.72. The lowest BCUT2D eigenvalue weighted by molar-refractivity contribution is -0.00815. The number of hydrogen-bond acceptors (Lipinski definition) is 5. The first-order valence-corrected chi connectivity index (χ1v) is 12.2. The van der Waals surface area contributed by atoms with Crippen molar-refractivity contribution in [3.8, 4) is 0 Å². The summed E-state index contributed by atoms with van der Waals surface area (Å²) >= 11 is 12.6. The van der Waals surface area contributed by atoms with E-state index in [9.17, 15) is 18.7 Å². The Morgan fingerprint density at radius 3 is 2.72 bits per heavy atom. The molecule has 36 heavy (non-hydrogen) atoms. The number of pyridine rings is 1. The predicted molar refractivity (Wildman–Crippen MR) is 136 cm³/mol. The van der Waals surface area contributed by atoms with Crippen LogP contribution in [0.4, 0.5) is 19.3 Å². The molecular weight excluding hydrogens is 513 g/mol. The van der Waals surface area contributed by atoms with Crippen LogP contribution < -0.4 is 5.32 Å². The van der Waals surface area contributed by atoms with Gasteiger partial charge in [-0.3, -0.25) is 4.98 Å². The number of nitrogens with one attached hydrogen (secondary N) is 1. The highest BCUT2D eigenvalue weighted by molar-refractivity contribution is 6.32. The van der Waals surface area contributed by atoms with Gasteiger partial charge in [0.25, 0.3) is 5.92 Å². The van der Waals surface area contributed by atoms with Crippen LogP contribution in [0, 0.1) is 0 Å². The molecule has 4 rings (SSSR count). The van der Waals surface area contributed by atoms with E-state index in [1.807, 2.05) is 6.08 Å². The standard InChI is InChI=1S/C25H26Cl2F2N4O3/c1-3-25(28,29)18-5-4-17(11-19(18)26)32-23(35)33-8-6-15(7-9-33)21-20(27)10-16(12-30-21)22-24(2,13-34)31-14-36-22/h4-6,10-12,14,22,34H,3,7-9,13H2,1-2H3,(H,32,35). The molecule has 2 amide bonds. The van der Waals surface area contributed by atoms with Crippen molar-refractivity contribution in [1.82, 2.24) is 9.88 Å². The number of carbonyl (C=O) groups is 1. The van der Waals surface area contributed by atoms with Crippen LogP contribution in [0.15, 0.2) is 41.5 Å². The number of aliphatic imine (C=N–C) groups is 1. The van der Waals surface area contributed by atoms with E-state index in [1.54, 1.807) is 24.1 Å². The van der Waals surface area contributed by atoms with Gasteiger partial charge >= 0.3 is 6.03 Å². The van der Waals surface area contributed by atoms with Crippen molar-refractivity contribution in [3.63, 3.8) is 0 Å². The molecule has 192 valence electrons. The Morgan fingerprint density at radius 2 is 2.11 bits per heavy atom. The molecule has 2 atom stereocenters. The Hall–Kier alpha value is -2.75. The molecule has 11 heteroatoms. The second-order valence-corrected chi connectivity index (χ2v) is 9.79. The van der Waals surface area contributed by atoms with Gasteiger partial charge in [-0.15, -0.1) is 0 Å². The van der Waals surface area contributed by atoms with Crippen LogP contribution in [0.1, 0.15) is 49.6 Å². The number of aromatic nitrogens is 1. The lowest BCUT2D eigenvalue weighted by Gasteiger charge is -2.28. The summed E-state index contributed by atoms with van der Waals surface area (Å²) in [6, 6.07) is 5.37. The summed E-state index contributed by atoms with van der Waals surface area (Å²) < 4.78 is 33.5. The van der Waals surface area contributed by atoms with Crippen molar-refractivity contribution in [1.29, 1.82) is 0 Å². The fourth-order valence-electron chi connectivity index (χ4n) is 4.17. The van der Waals surface area contributed by atoms with E-state index in [-0.39, 0.29) is 29.6 Å². The van der Waals surface area contributed by atoms with Gasteiger partial charge in [0.1, 0.15) is 5.54 Å². The van der Waals surface area contributed by atoms with Gasteiger partial charge < -0.3 is 20.1 Å². The predicted octanol–water partition coefficient (Wildman–Crippen LogP) is 6.06. The molecule has 0 aliphatic carbocycles. The minimum Gasteiger partial charge on any atom is -0.473 e. The minimum atomic E-state index is -3.03. The maximum atomic E-state index is 14.0. The Labute approximate surface area is 217 Å². The van der Waals surface area contributed by atoms with E-state index >= 15 is 0 Å². The van der Waals surface area contributed by atoms with Crippen LogP contribution in [0.2, 0.25) is 10.0 Å². The number of halogens is 4. The summed E-state index contributed by atoms with van der Waals surface area (Å²) in [4.78, 5) is 23.0. The quantitative estimate of drug-likeness (QED) is 0.467. The molecule has 7 nitrogen and oxygen atoms in total. The lowest BCUT2D eigenvalue weighted by Crippen LogP contribution is -2.38. The van der Waals surface area contributed by atoms with Gasteiger partial charge in [-0.25, -0.2) is 18.6 Å². The maximum absolute atomic E-state index is 14.0. The first kappa shape index (κ1) is 26.3. The first-order chi connectivity index (χ1) is 17.1. The Balaban J connectivity index is 1.41. The summed E-state index contributed by atoms with van der Waals surface area (Å²) in [6.07, 6.45) is 4.53. The molecule has 0 spiro atoms. The number of rotatable bonds is 6. The highest BCUT2D eigenvalue weighted by Crippen LogP contribution is 2.39. The van der Waals surface area contributed by atoms with Crippen molar-refractivity contribution in [3.05, 3.63) is 63.4 Å². The van der Waals surface area contributed by atoms with Gasteiger partial charge in [0, 0.05) is 42.5 Å². The Bertz CT molecular complexity index is 1220. The van der Waals surface area contributed by atoms with Crippen molar-refractivity contribution in [2.24, 2.45) is 4.99 Å². The van der Waals surface area contributed by atoms with Gasteiger partial charge in [0.05, 0.1) is 22.3 Å². The van der Waals surface area contributed by atoms with Gasteiger partial charge in [0.2, 0.25) is 0 Å². The average molecular weight is 539 g/mol. The van der Waals surface area contributed by atoms with Gasteiger partial charge in [-0.05, 0) is 43.2 Å². The van der Waals surface area contributed by atoms with Gasteiger partial charge in [-0.2, -0.15) is 0 Å². The van der Waals surface area contributed by atoms with Crippen LogP contribution in [-0.2, 0) is 10.7 Å². The van der Waals surface area contributed by atoms with Crippen molar-refractivity contribution in [2.45, 2.75) is 44.3 Å². The third-order valence-electron chi connectivity index (χ3n) is 6.45. The number of benzene rings is 1. The molecule has 0 saturated heterocycles.